The molecular weight excluding hydrogens is 600 g/mol. The summed E-state index contributed by atoms with van der Waals surface area (Å²) in [6.45, 7) is 4.34. The van der Waals surface area contributed by atoms with Crippen LogP contribution in [-0.2, 0) is 14.3 Å². The third kappa shape index (κ3) is 5.94. The molecule has 234 valence electrons. The first-order valence-electron chi connectivity index (χ1n) is 15.3. The van der Waals surface area contributed by atoms with E-state index in [0.717, 1.165) is 44.0 Å². The van der Waals surface area contributed by atoms with Crippen LogP contribution in [0.15, 0.2) is 73.2 Å². The number of hydrogen-bond acceptors (Lipinski definition) is 9. The molecule has 0 saturated carbocycles. The van der Waals surface area contributed by atoms with E-state index in [9.17, 15) is 9.59 Å². The van der Waals surface area contributed by atoms with Gasteiger partial charge in [-0.3, -0.25) is 19.6 Å². The molecule has 0 unspecified atom stereocenters. The Morgan fingerprint density at radius 1 is 1.07 bits per heavy atom. The molecule has 0 radical (unpaired) electrons. The van der Waals surface area contributed by atoms with Gasteiger partial charge in [-0.2, -0.15) is 5.10 Å². The molecule has 2 N–H and O–H groups in total. The molecule has 0 bridgehead atoms. The van der Waals surface area contributed by atoms with Crippen LogP contribution in [0.2, 0.25) is 0 Å². The number of amides is 2. The van der Waals surface area contributed by atoms with E-state index in [0.29, 0.717) is 44.1 Å². The zero-order valence-corrected chi connectivity index (χ0v) is 26.5. The van der Waals surface area contributed by atoms with Crippen molar-refractivity contribution in [3.63, 3.8) is 0 Å². The smallest absolute Gasteiger partial charge is 0.258 e. The molecule has 5 heterocycles. The number of nitrogens with one attached hydrogen (secondary N) is 2. The largest absolute Gasteiger partial charge is 0.367 e. The molecule has 11 nitrogen and oxygen atoms in total. The summed E-state index contributed by atoms with van der Waals surface area (Å²) in [5, 5.41) is 12.5. The number of hydrogen-bond donors (Lipinski definition) is 2. The molecule has 7 rings (SSSR count). The number of fused-ring (bicyclic) bond motifs is 1. The quantitative estimate of drug-likeness (QED) is 0.249. The van der Waals surface area contributed by atoms with Crippen LogP contribution >= 0.6 is 11.3 Å². The molecule has 2 aromatic carbocycles. The molecule has 3 aromatic heterocycles. The summed E-state index contributed by atoms with van der Waals surface area (Å²) < 4.78 is 5.84. The predicted octanol–water partition coefficient (Wildman–Crippen LogP) is 4.80. The maximum absolute atomic E-state index is 13.6. The average Bonchev–Trinajstić information content (AvgIpc) is 3.84. The van der Waals surface area contributed by atoms with Gasteiger partial charge in [0.1, 0.15) is 5.69 Å². The molecule has 0 spiro atoms. The number of H-pyrrole nitrogens is 1. The molecule has 1 fully saturated rings. The number of methoxy groups -OCH3 is 1. The minimum absolute atomic E-state index is 0.0513. The molecule has 2 amide bonds. The fourth-order valence-electron chi connectivity index (χ4n) is 6.16. The van der Waals surface area contributed by atoms with Crippen LogP contribution in [-0.4, -0.2) is 92.2 Å². The number of aryl methyl sites for hydroxylation is 1. The summed E-state index contributed by atoms with van der Waals surface area (Å²) in [4.78, 5) is 44.7. The Balaban J connectivity index is 0.959. The van der Waals surface area contributed by atoms with Gasteiger partial charge in [-0.05, 0) is 55.2 Å². The van der Waals surface area contributed by atoms with Crippen LogP contribution in [0.25, 0.3) is 38.4 Å². The number of rotatable bonds is 8. The molecule has 1 atom stereocenters. The summed E-state index contributed by atoms with van der Waals surface area (Å²) in [5.41, 5.74) is 4.63. The van der Waals surface area contributed by atoms with Gasteiger partial charge in [-0.15, -0.1) is 11.3 Å². The van der Waals surface area contributed by atoms with E-state index in [1.165, 1.54) is 5.57 Å². The zero-order valence-electron chi connectivity index (χ0n) is 25.7. The van der Waals surface area contributed by atoms with Crippen molar-refractivity contribution in [1.29, 1.82) is 0 Å². The fraction of sp³-hybridized carbons (Fsp3) is 0.294. The zero-order chi connectivity index (χ0) is 31.7. The Morgan fingerprint density at radius 3 is 2.59 bits per heavy atom. The van der Waals surface area contributed by atoms with E-state index >= 15 is 0 Å². The molecule has 1 saturated heterocycles. The van der Waals surface area contributed by atoms with Gasteiger partial charge in [-0.25, -0.2) is 15.0 Å². The Bertz CT molecular complexity index is 1920. The van der Waals surface area contributed by atoms with Gasteiger partial charge in [-0.1, -0.05) is 30.3 Å². The number of carbonyl (C=O) groups excluding carboxylic acids is 2. The summed E-state index contributed by atoms with van der Waals surface area (Å²) >= 11 is 1.57. The van der Waals surface area contributed by atoms with Gasteiger partial charge in [0, 0.05) is 68.5 Å². The Kier molecular flexibility index (Phi) is 8.16. The number of aromatic nitrogens is 5. The number of likely N-dealkylation sites (tertiary alicyclic amines) is 1. The SMILES string of the molecule is CO[C@@]1(C(=O)Nc2ccc3[nH]nc(-c4cnc(C)s4)c3c2)CCN(CC(=O)N2CC=C(c3ccc(-c4ncccn4)cc3)CC2)C1. The highest BCUT2D eigenvalue weighted by atomic mass is 32.1. The van der Waals surface area contributed by atoms with Crippen LogP contribution < -0.4 is 5.32 Å². The summed E-state index contributed by atoms with van der Waals surface area (Å²) in [7, 11) is 1.56. The summed E-state index contributed by atoms with van der Waals surface area (Å²) in [5.74, 6) is 0.529. The third-order valence-electron chi connectivity index (χ3n) is 8.79. The maximum Gasteiger partial charge on any atom is 0.258 e. The lowest BCUT2D eigenvalue weighted by Gasteiger charge is -2.30. The van der Waals surface area contributed by atoms with Crippen molar-refractivity contribution in [2.45, 2.75) is 25.4 Å². The topological polar surface area (TPSA) is 129 Å². The monoisotopic (exact) mass is 634 g/mol. The van der Waals surface area contributed by atoms with Crippen molar-refractivity contribution >= 4 is 45.3 Å². The molecule has 2 aliphatic rings. The van der Waals surface area contributed by atoms with Crippen molar-refractivity contribution in [3.05, 3.63) is 83.8 Å². The number of anilines is 1. The first-order chi connectivity index (χ1) is 22.4. The first-order valence-corrected chi connectivity index (χ1v) is 16.1. The van der Waals surface area contributed by atoms with Crippen molar-refractivity contribution < 1.29 is 14.3 Å². The fourth-order valence-corrected chi connectivity index (χ4v) is 6.95. The van der Waals surface area contributed by atoms with Gasteiger partial charge in [0.2, 0.25) is 5.91 Å². The Hall–Kier alpha value is -4.78. The van der Waals surface area contributed by atoms with E-state index in [4.69, 9.17) is 4.74 Å². The van der Waals surface area contributed by atoms with Crippen molar-refractivity contribution in [2.75, 3.05) is 45.2 Å². The van der Waals surface area contributed by atoms with Gasteiger partial charge in [0.15, 0.2) is 11.4 Å². The van der Waals surface area contributed by atoms with Gasteiger partial charge < -0.3 is 15.0 Å². The highest BCUT2D eigenvalue weighted by Gasteiger charge is 2.45. The van der Waals surface area contributed by atoms with Gasteiger partial charge in [0.05, 0.1) is 21.9 Å². The number of ether oxygens (including phenoxy) is 1. The molecular formula is C34H34N8O3S. The number of thiazole rings is 1. The minimum Gasteiger partial charge on any atom is -0.367 e. The molecule has 2 aliphatic heterocycles. The lowest BCUT2D eigenvalue weighted by molar-refractivity contribution is -0.138. The minimum atomic E-state index is -1.05. The Labute approximate surface area is 270 Å². The van der Waals surface area contributed by atoms with Crippen LogP contribution in [0.5, 0.6) is 0 Å². The number of carbonyl (C=O) groups is 2. The van der Waals surface area contributed by atoms with E-state index in [2.05, 4.69) is 48.7 Å². The second-order valence-corrected chi connectivity index (χ2v) is 12.9. The van der Waals surface area contributed by atoms with Crippen LogP contribution in [0, 0.1) is 6.92 Å². The standard InChI is InChI=1S/C34H34N8O3S/c1-22-37-19-29(46-22)31-27-18-26(8-9-28(27)39-40-31)38-33(44)34(45-2)12-17-41(21-34)20-30(43)42-15-10-24(11-16-42)23-4-6-25(7-5-23)32-35-13-3-14-36-32/h3-10,13-14,18-19H,11-12,15-17,20-21H2,1-2H3,(H,38,44)(H,39,40)/t34-/m0/s1. The van der Waals surface area contributed by atoms with E-state index in [1.54, 1.807) is 36.9 Å². The maximum atomic E-state index is 13.6. The molecule has 0 aliphatic carbocycles. The normalized spacial score (nSPS) is 18.6. The Morgan fingerprint density at radius 2 is 1.87 bits per heavy atom. The predicted molar refractivity (Wildman–Crippen MR) is 178 cm³/mol. The van der Waals surface area contributed by atoms with E-state index in [-0.39, 0.29) is 18.4 Å². The molecule has 46 heavy (non-hydrogen) atoms. The third-order valence-corrected chi connectivity index (χ3v) is 9.71. The van der Waals surface area contributed by atoms with E-state index in [1.807, 2.05) is 53.3 Å². The second kappa shape index (κ2) is 12.5. The van der Waals surface area contributed by atoms with Crippen molar-refractivity contribution in [2.24, 2.45) is 0 Å². The lowest BCUT2D eigenvalue weighted by atomic mass is 9.98. The van der Waals surface area contributed by atoms with Crippen LogP contribution in [0.1, 0.15) is 23.4 Å². The average molecular weight is 635 g/mol. The summed E-state index contributed by atoms with van der Waals surface area (Å²) in [6.07, 6.45) is 8.70. The van der Waals surface area contributed by atoms with Gasteiger partial charge in [0.25, 0.3) is 5.91 Å². The summed E-state index contributed by atoms with van der Waals surface area (Å²) in [6, 6.07) is 15.7. The van der Waals surface area contributed by atoms with Crippen LogP contribution in [0.3, 0.4) is 0 Å². The van der Waals surface area contributed by atoms with Crippen molar-refractivity contribution in [3.8, 4) is 22.0 Å². The first kappa shape index (κ1) is 29.9. The number of benzene rings is 2. The molecule has 12 heteroatoms. The van der Waals surface area contributed by atoms with Gasteiger partial charge >= 0.3 is 0 Å². The highest BCUT2D eigenvalue weighted by molar-refractivity contribution is 7.15. The lowest BCUT2D eigenvalue weighted by Crippen LogP contribution is -2.48. The van der Waals surface area contributed by atoms with E-state index < -0.39 is 5.60 Å². The highest BCUT2D eigenvalue weighted by Crippen LogP contribution is 2.33. The second-order valence-electron chi connectivity index (χ2n) is 11.7. The van der Waals surface area contributed by atoms with Crippen molar-refractivity contribution in [1.82, 2.24) is 34.9 Å². The number of nitrogens with zero attached hydrogens (tertiary/aromatic N) is 6. The molecule has 5 aromatic rings. The number of aromatic amines is 1. The van der Waals surface area contributed by atoms with Crippen LogP contribution in [0.4, 0.5) is 5.69 Å².